The molecule has 1 rings (SSSR count). The van der Waals surface area contributed by atoms with E-state index in [-0.39, 0.29) is 5.60 Å². The maximum Gasteiger partial charge on any atom is 0.0900 e. The molecule has 3 atom stereocenters. The first-order valence-electron chi connectivity index (χ1n) is 7.30. The fourth-order valence-electron chi connectivity index (χ4n) is 2.91. The number of terminal acetylenes is 1. The Bertz CT molecular complexity index is 298. The van der Waals surface area contributed by atoms with Crippen LogP contribution in [-0.4, -0.2) is 48.0 Å². The highest BCUT2D eigenvalue weighted by Gasteiger charge is 2.24. The SMILES string of the molecule is C#CCC(C)(C)OCC(O)CN1CC(C)CC(C)C1. The molecule has 3 nitrogen and oxygen atoms in total. The summed E-state index contributed by atoms with van der Waals surface area (Å²) < 4.78 is 5.71. The van der Waals surface area contributed by atoms with E-state index < -0.39 is 6.10 Å². The Morgan fingerprint density at radius 1 is 1.37 bits per heavy atom. The van der Waals surface area contributed by atoms with Crippen LogP contribution >= 0.6 is 0 Å². The minimum atomic E-state index is -0.436. The first-order valence-corrected chi connectivity index (χ1v) is 7.30. The summed E-state index contributed by atoms with van der Waals surface area (Å²) in [4.78, 5) is 2.35. The van der Waals surface area contributed by atoms with Crippen LogP contribution in [0.15, 0.2) is 0 Å². The lowest BCUT2D eigenvalue weighted by Gasteiger charge is -2.36. The molecular weight excluding hydrogens is 238 g/mol. The second-order valence-electron chi connectivity index (χ2n) is 6.77. The van der Waals surface area contributed by atoms with E-state index in [1.54, 1.807) is 0 Å². The van der Waals surface area contributed by atoms with Crippen molar-refractivity contribution in [1.29, 1.82) is 0 Å². The average molecular weight is 267 g/mol. The number of piperidine rings is 1. The van der Waals surface area contributed by atoms with Crippen molar-refractivity contribution in [3.63, 3.8) is 0 Å². The Labute approximate surface area is 118 Å². The zero-order valence-electron chi connectivity index (χ0n) is 12.9. The van der Waals surface area contributed by atoms with Crippen molar-refractivity contribution in [1.82, 2.24) is 4.90 Å². The van der Waals surface area contributed by atoms with Gasteiger partial charge in [-0.05, 0) is 32.1 Å². The van der Waals surface area contributed by atoms with Crippen molar-refractivity contribution in [2.45, 2.75) is 52.2 Å². The number of aliphatic hydroxyl groups is 1. The number of hydrogen-bond donors (Lipinski definition) is 1. The van der Waals surface area contributed by atoms with Gasteiger partial charge >= 0.3 is 0 Å². The fraction of sp³-hybridized carbons (Fsp3) is 0.875. The Balaban J connectivity index is 2.31. The van der Waals surface area contributed by atoms with Crippen LogP contribution in [0, 0.1) is 24.2 Å². The van der Waals surface area contributed by atoms with E-state index in [9.17, 15) is 5.11 Å². The zero-order valence-corrected chi connectivity index (χ0v) is 12.9. The monoisotopic (exact) mass is 267 g/mol. The third kappa shape index (κ3) is 6.42. The minimum absolute atomic E-state index is 0.349. The number of aliphatic hydroxyl groups excluding tert-OH is 1. The number of β-amino-alcohol motifs (C(OH)–C–C–N with tert-alkyl or cyclic N) is 1. The molecule has 0 aromatic rings. The molecule has 0 spiro atoms. The van der Waals surface area contributed by atoms with E-state index in [1.807, 2.05) is 13.8 Å². The van der Waals surface area contributed by atoms with E-state index in [2.05, 4.69) is 24.7 Å². The van der Waals surface area contributed by atoms with Gasteiger partial charge in [0.15, 0.2) is 0 Å². The molecule has 1 fully saturated rings. The van der Waals surface area contributed by atoms with E-state index >= 15 is 0 Å². The van der Waals surface area contributed by atoms with Crippen LogP contribution in [0.3, 0.4) is 0 Å². The van der Waals surface area contributed by atoms with E-state index in [0.29, 0.717) is 19.6 Å². The van der Waals surface area contributed by atoms with Crippen molar-refractivity contribution in [2.24, 2.45) is 11.8 Å². The second-order valence-corrected chi connectivity index (χ2v) is 6.77. The molecule has 0 amide bonds. The van der Waals surface area contributed by atoms with Crippen LogP contribution in [0.4, 0.5) is 0 Å². The standard InChI is InChI=1S/C16H29NO2/c1-6-7-16(4,5)19-12-15(18)11-17-9-13(2)8-14(3)10-17/h1,13-15,18H,7-12H2,2-5H3. The van der Waals surface area contributed by atoms with Gasteiger partial charge in [-0.15, -0.1) is 12.3 Å². The lowest BCUT2D eigenvalue weighted by Crippen LogP contribution is -2.44. The van der Waals surface area contributed by atoms with Gasteiger partial charge in [0.2, 0.25) is 0 Å². The molecule has 1 aliphatic rings. The van der Waals surface area contributed by atoms with Gasteiger partial charge in [0.05, 0.1) is 18.3 Å². The minimum Gasteiger partial charge on any atom is -0.389 e. The first kappa shape index (κ1) is 16.5. The second kappa shape index (κ2) is 7.28. The number of nitrogens with zero attached hydrogens (tertiary/aromatic N) is 1. The van der Waals surface area contributed by atoms with Crippen molar-refractivity contribution < 1.29 is 9.84 Å². The topological polar surface area (TPSA) is 32.7 Å². The molecule has 1 aliphatic heterocycles. The third-order valence-corrected chi connectivity index (χ3v) is 3.61. The highest BCUT2D eigenvalue weighted by atomic mass is 16.5. The maximum atomic E-state index is 10.1. The molecule has 0 aromatic carbocycles. The van der Waals surface area contributed by atoms with Crippen molar-refractivity contribution >= 4 is 0 Å². The van der Waals surface area contributed by atoms with Gasteiger partial charge in [-0.2, -0.15) is 0 Å². The summed E-state index contributed by atoms with van der Waals surface area (Å²) in [6, 6.07) is 0. The summed E-state index contributed by atoms with van der Waals surface area (Å²) in [5, 5.41) is 10.1. The molecule has 0 bridgehead atoms. The van der Waals surface area contributed by atoms with Crippen LogP contribution in [0.25, 0.3) is 0 Å². The molecule has 1 heterocycles. The summed E-state index contributed by atoms with van der Waals surface area (Å²) >= 11 is 0. The van der Waals surface area contributed by atoms with Gasteiger partial charge in [-0.25, -0.2) is 0 Å². The van der Waals surface area contributed by atoms with Crippen LogP contribution in [-0.2, 0) is 4.74 Å². The third-order valence-electron chi connectivity index (χ3n) is 3.61. The van der Waals surface area contributed by atoms with Crippen molar-refractivity contribution in [2.75, 3.05) is 26.2 Å². The van der Waals surface area contributed by atoms with Crippen LogP contribution < -0.4 is 0 Å². The van der Waals surface area contributed by atoms with Gasteiger partial charge in [0.1, 0.15) is 0 Å². The highest BCUT2D eigenvalue weighted by molar-refractivity contribution is 4.92. The zero-order chi connectivity index (χ0) is 14.5. The van der Waals surface area contributed by atoms with Gasteiger partial charge in [0.25, 0.3) is 0 Å². The Morgan fingerprint density at radius 2 is 1.95 bits per heavy atom. The number of likely N-dealkylation sites (tertiary alicyclic amines) is 1. The Morgan fingerprint density at radius 3 is 2.47 bits per heavy atom. The number of ether oxygens (including phenoxy) is 1. The van der Waals surface area contributed by atoms with Gasteiger partial charge in [-0.3, -0.25) is 0 Å². The summed E-state index contributed by atoms with van der Waals surface area (Å²) in [6.45, 7) is 11.7. The Kier molecular flexibility index (Phi) is 6.32. The molecular formula is C16H29NO2. The van der Waals surface area contributed by atoms with Crippen molar-refractivity contribution in [3.05, 3.63) is 0 Å². The van der Waals surface area contributed by atoms with E-state index in [1.165, 1.54) is 6.42 Å². The molecule has 0 aromatic heterocycles. The predicted octanol–water partition coefficient (Wildman–Crippen LogP) is 2.14. The van der Waals surface area contributed by atoms with Gasteiger partial charge in [-0.1, -0.05) is 13.8 Å². The predicted molar refractivity (Wildman–Crippen MR) is 78.9 cm³/mol. The van der Waals surface area contributed by atoms with Crippen LogP contribution in [0.5, 0.6) is 0 Å². The lowest BCUT2D eigenvalue weighted by molar-refractivity contribution is -0.0661. The number of hydrogen-bond acceptors (Lipinski definition) is 3. The number of rotatable bonds is 6. The average Bonchev–Trinajstić information content (AvgIpc) is 2.25. The molecule has 0 radical (unpaired) electrons. The maximum absolute atomic E-state index is 10.1. The lowest BCUT2D eigenvalue weighted by atomic mass is 9.92. The van der Waals surface area contributed by atoms with Crippen molar-refractivity contribution in [3.8, 4) is 12.3 Å². The molecule has 3 unspecified atom stereocenters. The summed E-state index contributed by atoms with van der Waals surface area (Å²) in [6.07, 6.45) is 6.72. The van der Waals surface area contributed by atoms with E-state index in [4.69, 9.17) is 11.2 Å². The van der Waals surface area contributed by atoms with E-state index in [0.717, 1.165) is 24.9 Å². The normalized spacial score (nSPS) is 26.9. The molecule has 0 saturated carbocycles. The smallest absolute Gasteiger partial charge is 0.0900 e. The summed E-state index contributed by atoms with van der Waals surface area (Å²) in [5.74, 6) is 4.04. The first-order chi connectivity index (χ1) is 8.82. The van der Waals surface area contributed by atoms with Gasteiger partial charge in [0, 0.05) is 26.1 Å². The summed E-state index contributed by atoms with van der Waals surface area (Å²) in [5.41, 5.74) is -0.349. The molecule has 0 aliphatic carbocycles. The van der Waals surface area contributed by atoms with Crippen LogP contribution in [0.1, 0.15) is 40.5 Å². The molecule has 1 N–H and O–H groups in total. The Hall–Kier alpha value is -0.560. The summed E-state index contributed by atoms with van der Waals surface area (Å²) in [7, 11) is 0. The molecule has 19 heavy (non-hydrogen) atoms. The molecule has 110 valence electrons. The molecule has 3 heteroatoms. The largest absolute Gasteiger partial charge is 0.389 e. The van der Waals surface area contributed by atoms with Crippen LogP contribution in [0.2, 0.25) is 0 Å². The van der Waals surface area contributed by atoms with Gasteiger partial charge < -0.3 is 14.7 Å². The highest BCUT2D eigenvalue weighted by Crippen LogP contribution is 2.21. The molecule has 1 saturated heterocycles. The quantitative estimate of drug-likeness (QED) is 0.749. The fourth-order valence-corrected chi connectivity index (χ4v) is 2.91.